The molecule has 0 spiro atoms. The van der Waals surface area contributed by atoms with Gasteiger partial charge < -0.3 is 13.7 Å². The van der Waals surface area contributed by atoms with Gasteiger partial charge in [0.15, 0.2) is 5.69 Å². The van der Waals surface area contributed by atoms with Crippen LogP contribution in [0.3, 0.4) is 0 Å². The maximum atomic E-state index is 10.8. The van der Waals surface area contributed by atoms with Gasteiger partial charge in [0.2, 0.25) is 0 Å². The summed E-state index contributed by atoms with van der Waals surface area (Å²) >= 11 is 0. The maximum Gasteiger partial charge on any atom is 0.188 e. The molecule has 11 rings (SSSR count). The quantitative estimate of drug-likeness (QED) is 0.169. The monoisotopic (exact) mass is 699 g/mol. The molecule has 0 fully saturated rings. The van der Waals surface area contributed by atoms with E-state index < -0.39 is 0 Å². The van der Waals surface area contributed by atoms with E-state index in [0.29, 0.717) is 11.3 Å². The van der Waals surface area contributed by atoms with Gasteiger partial charge in [0.1, 0.15) is 6.07 Å². The Morgan fingerprint density at radius 1 is 0.418 bits per heavy atom. The zero-order valence-electron chi connectivity index (χ0n) is 29.5. The Hall–Kier alpha value is -7.86. The average Bonchev–Trinajstić information content (AvgIpc) is 3.88. The first-order valence-electron chi connectivity index (χ1n) is 18.3. The summed E-state index contributed by atoms with van der Waals surface area (Å²) in [5.74, 6) is 0. The van der Waals surface area contributed by atoms with Crippen LogP contribution in [0, 0.1) is 17.9 Å². The SMILES string of the molecule is [C-]#[N+]c1ccc2c(c1)c1ccccc1n2-c1ccccc1-c1ccc(-n2c3ccccc3c3cc(-n4c5ccccc5c5ccccc54)ccc32)c(C#N)c1. The molecule has 0 bridgehead atoms. The summed E-state index contributed by atoms with van der Waals surface area (Å²) in [7, 11) is 0. The van der Waals surface area contributed by atoms with Crippen molar-refractivity contribution in [3.8, 4) is 34.3 Å². The van der Waals surface area contributed by atoms with Crippen molar-refractivity contribution in [1.29, 1.82) is 5.26 Å². The van der Waals surface area contributed by atoms with Crippen molar-refractivity contribution in [2.24, 2.45) is 0 Å². The van der Waals surface area contributed by atoms with Gasteiger partial charge in [0, 0.05) is 38.2 Å². The van der Waals surface area contributed by atoms with Crippen molar-refractivity contribution in [2.45, 2.75) is 0 Å². The number of hydrogen-bond donors (Lipinski definition) is 0. The van der Waals surface area contributed by atoms with E-state index in [1.807, 2.05) is 36.4 Å². The van der Waals surface area contributed by atoms with Gasteiger partial charge in [0.25, 0.3) is 0 Å². The minimum atomic E-state index is 0.588. The molecule has 3 aromatic heterocycles. The molecule has 55 heavy (non-hydrogen) atoms. The highest BCUT2D eigenvalue weighted by molar-refractivity contribution is 6.13. The first-order chi connectivity index (χ1) is 27.2. The fourth-order valence-electron chi connectivity index (χ4n) is 8.75. The molecule has 0 saturated carbocycles. The number of para-hydroxylation sites is 5. The first kappa shape index (κ1) is 30.7. The number of fused-ring (bicyclic) bond motifs is 9. The number of aromatic nitrogens is 3. The van der Waals surface area contributed by atoms with Crippen LogP contribution in [0.15, 0.2) is 176 Å². The summed E-state index contributed by atoms with van der Waals surface area (Å²) in [5.41, 5.74) is 12.6. The molecule has 0 amide bonds. The second-order valence-electron chi connectivity index (χ2n) is 14.0. The first-order valence-corrected chi connectivity index (χ1v) is 18.3. The molecular formula is C50H29N5. The molecule has 3 heterocycles. The van der Waals surface area contributed by atoms with E-state index >= 15 is 0 Å². The second-order valence-corrected chi connectivity index (χ2v) is 14.0. The maximum absolute atomic E-state index is 10.8. The Morgan fingerprint density at radius 2 is 0.909 bits per heavy atom. The second kappa shape index (κ2) is 11.8. The van der Waals surface area contributed by atoms with E-state index in [1.54, 1.807) is 0 Å². The van der Waals surface area contributed by atoms with Gasteiger partial charge in [-0.2, -0.15) is 5.26 Å². The minimum absolute atomic E-state index is 0.588. The smallest absolute Gasteiger partial charge is 0.188 e. The topological polar surface area (TPSA) is 42.9 Å². The number of nitriles is 1. The molecule has 0 radical (unpaired) electrons. The molecular weight excluding hydrogens is 671 g/mol. The van der Waals surface area contributed by atoms with Crippen LogP contribution in [-0.2, 0) is 0 Å². The Labute approximate surface area is 316 Å². The van der Waals surface area contributed by atoms with Gasteiger partial charge >= 0.3 is 0 Å². The van der Waals surface area contributed by atoms with Crippen molar-refractivity contribution >= 4 is 71.1 Å². The predicted molar refractivity (Wildman–Crippen MR) is 226 cm³/mol. The van der Waals surface area contributed by atoms with Gasteiger partial charge in [-0.25, -0.2) is 4.85 Å². The van der Waals surface area contributed by atoms with Crippen LogP contribution in [-0.4, -0.2) is 13.7 Å². The fourth-order valence-corrected chi connectivity index (χ4v) is 8.75. The van der Waals surface area contributed by atoms with Gasteiger partial charge in [-0.05, 0) is 83.7 Å². The van der Waals surface area contributed by atoms with Crippen molar-refractivity contribution in [3.05, 3.63) is 193 Å². The van der Waals surface area contributed by atoms with E-state index in [0.717, 1.165) is 71.8 Å². The molecule has 0 atom stereocenters. The zero-order chi connectivity index (χ0) is 36.6. The third-order valence-corrected chi connectivity index (χ3v) is 11.1. The summed E-state index contributed by atoms with van der Waals surface area (Å²) in [4.78, 5) is 3.71. The molecule has 5 heteroatoms. The number of benzene rings is 8. The highest BCUT2D eigenvalue weighted by Gasteiger charge is 2.20. The van der Waals surface area contributed by atoms with Crippen LogP contribution >= 0.6 is 0 Å². The van der Waals surface area contributed by atoms with E-state index in [1.165, 1.54) is 21.8 Å². The van der Waals surface area contributed by atoms with Crippen molar-refractivity contribution in [2.75, 3.05) is 0 Å². The Balaban J connectivity index is 1.10. The van der Waals surface area contributed by atoms with Gasteiger partial charge in [-0.15, -0.1) is 0 Å². The zero-order valence-corrected chi connectivity index (χ0v) is 29.5. The van der Waals surface area contributed by atoms with E-state index in [9.17, 15) is 5.26 Å². The Morgan fingerprint density at radius 3 is 1.53 bits per heavy atom. The molecule has 254 valence electrons. The Kier molecular flexibility index (Phi) is 6.61. The summed E-state index contributed by atoms with van der Waals surface area (Å²) in [6.07, 6.45) is 0. The summed E-state index contributed by atoms with van der Waals surface area (Å²) in [6, 6.07) is 63.7. The van der Waals surface area contributed by atoms with Crippen LogP contribution in [0.4, 0.5) is 5.69 Å². The molecule has 0 aliphatic carbocycles. The van der Waals surface area contributed by atoms with Crippen molar-refractivity contribution in [1.82, 2.24) is 13.7 Å². The highest BCUT2D eigenvalue weighted by atomic mass is 15.0. The van der Waals surface area contributed by atoms with E-state index in [2.05, 4.69) is 164 Å². The lowest BCUT2D eigenvalue weighted by Crippen LogP contribution is -2.00. The highest BCUT2D eigenvalue weighted by Crippen LogP contribution is 2.40. The van der Waals surface area contributed by atoms with E-state index in [-0.39, 0.29) is 0 Å². The molecule has 0 N–H and O–H groups in total. The van der Waals surface area contributed by atoms with Crippen LogP contribution in [0.2, 0.25) is 0 Å². The fraction of sp³-hybridized carbons (Fsp3) is 0. The van der Waals surface area contributed by atoms with Gasteiger partial charge in [0.05, 0.1) is 56.6 Å². The van der Waals surface area contributed by atoms with Crippen LogP contribution in [0.1, 0.15) is 5.56 Å². The lowest BCUT2D eigenvalue weighted by atomic mass is 10.00. The third-order valence-electron chi connectivity index (χ3n) is 11.1. The van der Waals surface area contributed by atoms with Crippen LogP contribution in [0.5, 0.6) is 0 Å². The molecule has 0 aliphatic heterocycles. The molecule has 0 unspecified atom stereocenters. The molecule has 11 aromatic rings. The lowest BCUT2D eigenvalue weighted by molar-refractivity contribution is 1.16. The van der Waals surface area contributed by atoms with Gasteiger partial charge in [-0.3, -0.25) is 0 Å². The summed E-state index contributed by atoms with van der Waals surface area (Å²) < 4.78 is 6.86. The van der Waals surface area contributed by atoms with Gasteiger partial charge in [-0.1, -0.05) is 103 Å². The van der Waals surface area contributed by atoms with Crippen molar-refractivity contribution < 1.29 is 0 Å². The number of hydrogen-bond acceptors (Lipinski definition) is 1. The average molecular weight is 700 g/mol. The van der Waals surface area contributed by atoms with Crippen molar-refractivity contribution in [3.63, 3.8) is 0 Å². The number of nitrogens with zero attached hydrogens (tertiary/aromatic N) is 5. The van der Waals surface area contributed by atoms with Crippen LogP contribution in [0.25, 0.3) is 98.5 Å². The lowest BCUT2D eigenvalue weighted by Gasteiger charge is -2.16. The largest absolute Gasteiger partial charge is 0.309 e. The standard InChI is InChI=1S/C50H29N5/c1-52-34-23-26-49-41(29-34)39-15-5-11-21-48(39)55(49)44-17-7-2-12-36(44)32-22-25-43(33(28-32)31-51)54-47-20-10-6-16-40(47)42-30-35(24-27-50(42)54)53-45-18-8-3-13-37(45)38-14-4-9-19-46(38)53/h2-30H. The minimum Gasteiger partial charge on any atom is -0.309 e. The molecule has 0 aliphatic rings. The van der Waals surface area contributed by atoms with Crippen LogP contribution < -0.4 is 0 Å². The van der Waals surface area contributed by atoms with E-state index in [4.69, 9.17) is 6.57 Å². The number of rotatable bonds is 4. The predicted octanol–water partition coefficient (Wildman–Crippen LogP) is 13.1. The summed E-state index contributed by atoms with van der Waals surface area (Å²) in [6.45, 7) is 7.62. The third kappa shape index (κ3) is 4.45. The molecule has 0 saturated heterocycles. The Bertz CT molecular complexity index is 3420. The normalized spacial score (nSPS) is 11.6. The summed E-state index contributed by atoms with van der Waals surface area (Å²) in [5, 5.41) is 17.6. The molecule has 5 nitrogen and oxygen atoms in total. The molecule has 8 aromatic carbocycles.